The number of carbonyl (C=O) groups is 1. The molecule has 19 heavy (non-hydrogen) atoms. The van der Waals surface area contributed by atoms with Gasteiger partial charge in [0.25, 0.3) is 0 Å². The minimum atomic E-state index is -1.27. The van der Waals surface area contributed by atoms with Crippen LogP contribution in [0.3, 0.4) is 0 Å². The van der Waals surface area contributed by atoms with E-state index in [0.717, 1.165) is 18.6 Å². The number of carboxylic acid groups (broad SMARTS) is 1. The Morgan fingerprint density at radius 1 is 1.58 bits per heavy atom. The SMILES string of the molecule is CCCC(O)CNc1nc(C(=O)O)ccc1[N+](=O)[O-]. The second-order valence-corrected chi connectivity index (χ2v) is 3.95. The Kier molecular flexibility index (Phi) is 5.19. The average molecular weight is 269 g/mol. The molecule has 1 rings (SSSR count). The number of nitro groups is 1. The Morgan fingerprint density at radius 2 is 2.26 bits per heavy atom. The Hall–Kier alpha value is -2.22. The molecular formula is C11H15N3O5. The number of carboxylic acids is 1. The van der Waals surface area contributed by atoms with Crippen LogP contribution < -0.4 is 5.32 Å². The third-order valence-electron chi connectivity index (χ3n) is 2.42. The Morgan fingerprint density at radius 3 is 2.79 bits per heavy atom. The van der Waals surface area contributed by atoms with E-state index in [4.69, 9.17) is 5.11 Å². The molecule has 0 aromatic carbocycles. The van der Waals surface area contributed by atoms with Gasteiger partial charge in [-0.25, -0.2) is 9.78 Å². The molecule has 104 valence electrons. The van der Waals surface area contributed by atoms with Crippen LogP contribution in [0.5, 0.6) is 0 Å². The van der Waals surface area contributed by atoms with Gasteiger partial charge in [0, 0.05) is 12.6 Å². The maximum absolute atomic E-state index is 10.8. The summed E-state index contributed by atoms with van der Waals surface area (Å²) in [4.78, 5) is 24.6. The third kappa shape index (κ3) is 4.18. The van der Waals surface area contributed by atoms with E-state index in [1.165, 1.54) is 0 Å². The van der Waals surface area contributed by atoms with Crippen molar-refractivity contribution in [3.05, 3.63) is 27.9 Å². The number of hydrogen-bond donors (Lipinski definition) is 3. The van der Waals surface area contributed by atoms with Gasteiger partial charge in [0.1, 0.15) is 0 Å². The number of rotatable bonds is 7. The molecule has 1 atom stereocenters. The minimum absolute atomic E-state index is 0.0742. The summed E-state index contributed by atoms with van der Waals surface area (Å²) in [5.74, 6) is -1.42. The molecule has 0 saturated carbocycles. The number of aromatic nitrogens is 1. The molecule has 8 heteroatoms. The lowest BCUT2D eigenvalue weighted by Gasteiger charge is -2.11. The molecule has 3 N–H and O–H groups in total. The molecule has 0 aliphatic rings. The van der Waals surface area contributed by atoms with E-state index < -0.39 is 17.0 Å². The largest absolute Gasteiger partial charge is 0.477 e. The maximum atomic E-state index is 10.8. The summed E-state index contributed by atoms with van der Waals surface area (Å²) in [5.41, 5.74) is -0.619. The predicted octanol–water partition coefficient (Wildman–Crippen LogP) is 1.26. The topological polar surface area (TPSA) is 126 Å². The summed E-state index contributed by atoms with van der Waals surface area (Å²) in [7, 11) is 0. The van der Waals surface area contributed by atoms with Crippen molar-refractivity contribution >= 4 is 17.5 Å². The predicted molar refractivity (Wildman–Crippen MR) is 67.3 cm³/mol. The highest BCUT2D eigenvalue weighted by Crippen LogP contribution is 2.22. The van der Waals surface area contributed by atoms with Crippen LogP contribution in [0, 0.1) is 10.1 Å². The molecule has 0 saturated heterocycles. The van der Waals surface area contributed by atoms with E-state index in [1.54, 1.807) is 0 Å². The number of hydrogen-bond acceptors (Lipinski definition) is 6. The van der Waals surface area contributed by atoms with E-state index in [1.807, 2.05) is 6.92 Å². The molecule has 1 aromatic heterocycles. The van der Waals surface area contributed by atoms with Crippen LogP contribution in [0.1, 0.15) is 30.3 Å². The van der Waals surface area contributed by atoms with Gasteiger partial charge in [0.15, 0.2) is 5.69 Å². The molecule has 1 aromatic rings. The fourth-order valence-corrected chi connectivity index (χ4v) is 1.50. The van der Waals surface area contributed by atoms with Gasteiger partial charge >= 0.3 is 11.7 Å². The molecule has 0 aliphatic carbocycles. The van der Waals surface area contributed by atoms with Crippen molar-refractivity contribution in [1.82, 2.24) is 4.98 Å². The van der Waals surface area contributed by atoms with Crippen molar-refractivity contribution in [2.75, 3.05) is 11.9 Å². The van der Waals surface area contributed by atoms with Gasteiger partial charge < -0.3 is 15.5 Å². The third-order valence-corrected chi connectivity index (χ3v) is 2.42. The highest BCUT2D eigenvalue weighted by Gasteiger charge is 2.18. The van der Waals surface area contributed by atoms with Gasteiger partial charge in [-0.1, -0.05) is 13.3 Å². The summed E-state index contributed by atoms with van der Waals surface area (Å²) >= 11 is 0. The molecule has 1 heterocycles. The molecule has 0 amide bonds. The smallest absolute Gasteiger partial charge is 0.354 e. The fourth-order valence-electron chi connectivity index (χ4n) is 1.50. The van der Waals surface area contributed by atoms with Crippen LogP contribution >= 0.6 is 0 Å². The van der Waals surface area contributed by atoms with E-state index in [0.29, 0.717) is 6.42 Å². The zero-order valence-corrected chi connectivity index (χ0v) is 10.4. The maximum Gasteiger partial charge on any atom is 0.354 e. The van der Waals surface area contributed by atoms with Crippen molar-refractivity contribution in [2.24, 2.45) is 0 Å². The average Bonchev–Trinajstić information content (AvgIpc) is 2.36. The lowest BCUT2D eigenvalue weighted by atomic mass is 10.2. The number of nitrogens with one attached hydrogen (secondary N) is 1. The van der Waals surface area contributed by atoms with E-state index >= 15 is 0 Å². The molecule has 0 bridgehead atoms. The van der Waals surface area contributed by atoms with Crippen LogP contribution in [0.2, 0.25) is 0 Å². The Labute approximate surface area is 109 Å². The lowest BCUT2D eigenvalue weighted by molar-refractivity contribution is -0.384. The Bertz CT molecular complexity index is 477. The van der Waals surface area contributed by atoms with Gasteiger partial charge in [0.2, 0.25) is 5.82 Å². The van der Waals surface area contributed by atoms with Crippen molar-refractivity contribution in [1.29, 1.82) is 0 Å². The first-order valence-electron chi connectivity index (χ1n) is 5.76. The fraction of sp³-hybridized carbons (Fsp3) is 0.455. The first-order chi connectivity index (χ1) is 8.95. The molecule has 0 radical (unpaired) electrons. The highest BCUT2D eigenvalue weighted by molar-refractivity contribution is 5.86. The quantitative estimate of drug-likeness (QED) is 0.502. The highest BCUT2D eigenvalue weighted by atomic mass is 16.6. The normalized spacial score (nSPS) is 11.9. The van der Waals surface area contributed by atoms with Crippen molar-refractivity contribution in [2.45, 2.75) is 25.9 Å². The van der Waals surface area contributed by atoms with E-state index in [-0.39, 0.29) is 23.7 Å². The number of aliphatic hydroxyl groups excluding tert-OH is 1. The summed E-state index contributed by atoms with van der Waals surface area (Å²) in [6, 6.07) is 2.14. The lowest BCUT2D eigenvalue weighted by Crippen LogP contribution is -2.20. The van der Waals surface area contributed by atoms with Gasteiger partial charge in [-0.3, -0.25) is 10.1 Å². The Balaban J connectivity index is 2.91. The summed E-state index contributed by atoms with van der Waals surface area (Å²) < 4.78 is 0. The molecule has 8 nitrogen and oxygen atoms in total. The van der Waals surface area contributed by atoms with Gasteiger partial charge in [0.05, 0.1) is 11.0 Å². The van der Waals surface area contributed by atoms with Crippen molar-refractivity contribution in [3.63, 3.8) is 0 Å². The molecule has 0 spiro atoms. The van der Waals surface area contributed by atoms with Crippen molar-refractivity contribution in [3.8, 4) is 0 Å². The standard InChI is InChI=1S/C11H15N3O5/c1-2-3-7(15)6-12-10-9(14(18)19)5-4-8(13-10)11(16)17/h4-5,7,15H,2-3,6H2,1H3,(H,12,13)(H,16,17). The molecule has 0 aliphatic heterocycles. The summed E-state index contributed by atoms with van der Waals surface area (Å²) in [6.07, 6.45) is 0.646. The first kappa shape index (κ1) is 14.8. The van der Waals surface area contributed by atoms with Crippen molar-refractivity contribution < 1.29 is 19.9 Å². The summed E-state index contributed by atoms with van der Waals surface area (Å²) in [6.45, 7) is 1.97. The molecule has 0 fully saturated rings. The zero-order valence-electron chi connectivity index (χ0n) is 10.4. The first-order valence-corrected chi connectivity index (χ1v) is 5.76. The molecule has 1 unspecified atom stereocenters. The van der Waals surface area contributed by atoms with Crippen LogP contribution in [0.4, 0.5) is 11.5 Å². The number of pyridine rings is 1. The number of aliphatic hydroxyl groups is 1. The summed E-state index contributed by atoms with van der Waals surface area (Å²) in [5, 5.41) is 31.7. The monoisotopic (exact) mass is 269 g/mol. The van der Waals surface area contributed by atoms with Crippen LogP contribution in [0.15, 0.2) is 12.1 Å². The number of nitrogens with zero attached hydrogens (tertiary/aromatic N) is 2. The van der Waals surface area contributed by atoms with E-state index in [2.05, 4.69) is 10.3 Å². The zero-order chi connectivity index (χ0) is 14.4. The second kappa shape index (κ2) is 6.64. The van der Waals surface area contributed by atoms with Crippen LogP contribution in [0.25, 0.3) is 0 Å². The van der Waals surface area contributed by atoms with Gasteiger partial charge in [-0.05, 0) is 12.5 Å². The molecular weight excluding hydrogens is 254 g/mol. The van der Waals surface area contributed by atoms with Gasteiger partial charge in [-0.15, -0.1) is 0 Å². The van der Waals surface area contributed by atoms with Crippen LogP contribution in [-0.4, -0.2) is 38.7 Å². The number of aromatic carboxylic acids is 1. The minimum Gasteiger partial charge on any atom is -0.477 e. The number of anilines is 1. The van der Waals surface area contributed by atoms with Crippen LogP contribution in [-0.2, 0) is 0 Å². The van der Waals surface area contributed by atoms with Gasteiger partial charge in [-0.2, -0.15) is 0 Å². The second-order valence-electron chi connectivity index (χ2n) is 3.95. The van der Waals surface area contributed by atoms with E-state index in [9.17, 15) is 20.0 Å².